The number of hydrogen-bond donors (Lipinski definition) is 0. The Hall–Kier alpha value is -3.43. The molecule has 0 N–H and O–H groups in total. The van der Waals surface area contributed by atoms with Gasteiger partial charge in [0.15, 0.2) is 18.1 Å². The number of amides is 2. The van der Waals surface area contributed by atoms with Crippen LogP contribution < -0.4 is 18.9 Å². The quantitative estimate of drug-likeness (QED) is 0.306. The molecular weight excluding hydrogens is 582 g/mol. The molecule has 0 aromatic heterocycles. The van der Waals surface area contributed by atoms with Crippen LogP contribution in [0.2, 0.25) is 5.02 Å². The van der Waals surface area contributed by atoms with Crippen molar-refractivity contribution in [3.8, 4) is 23.0 Å². The van der Waals surface area contributed by atoms with Gasteiger partial charge in [-0.1, -0.05) is 37.1 Å². The Morgan fingerprint density at radius 1 is 0.977 bits per heavy atom. The van der Waals surface area contributed by atoms with Crippen molar-refractivity contribution in [1.29, 1.82) is 0 Å². The van der Waals surface area contributed by atoms with Crippen molar-refractivity contribution in [2.45, 2.75) is 26.7 Å². The number of rotatable bonds is 12. The fourth-order valence-corrected chi connectivity index (χ4v) is 6.89. The summed E-state index contributed by atoms with van der Waals surface area (Å²) in [5, 5.41) is 0.625. The topological polar surface area (TPSA) is 80.8 Å². The second-order valence-corrected chi connectivity index (χ2v) is 12.9. The highest BCUT2D eigenvalue weighted by Gasteiger charge is 2.51. The van der Waals surface area contributed by atoms with E-state index in [4.69, 9.17) is 30.5 Å². The summed E-state index contributed by atoms with van der Waals surface area (Å²) >= 11 is 5.93. The normalized spacial score (nSPS) is 20.7. The van der Waals surface area contributed by atoms with E-state index in [2.05, 4.69) is 24.8 Å². The number of piperazine rings is 1. The van der Waals surface area contributed by atoms with E-state index >= 15 is 0 Å². The maximum absolute atomic E-state index is 14.1. The fraction of sp³-hybridized carbons (Fsp3) is 0.529. The van der Waals surface area contributed by atoms with Crippen molar-refractivity contribution < 1.29 is 28.5 Å². The lowest BCUT2D eigenvalue weighted by molar-refractivity contribution is -0.135. The highest BCUT2D eigenvalue weighted by molar-refractivity contribution is 6.30. The minimum atomic E-state index is -0.0717. The Morgan fingerprint density at radius 2 is 1.64 bits per heavy atom. The number of carbonyl (C=O) groups excluding carboxylic acids is 2. The van der Waals surface area contributed by atoms with Gasteiger partial charge in [-0.2, -0.15) is 0 Å². The van der Waals surface area contributed by atoms with Gasteiger partial charge >= 0.3 is 0 Å². The molecule has 1 heterocycles. The molecule has 1 saturated heterocycles. The van der Waals surface area contributed by atoms with Crippen LogP contribution in [0.15, 0.2) is 48.0 Å². The average Bonchev–Trinajstić information content (AvgIpc) is 3.05. The number of methoxy groups -OCH3 is 3. The van der Waals surface area contributed by atoms with Crippen molar-refractivity contribution in [2.24, 2.45) is 17.3 Å². The molecule has 2 fully saturated rings. The fourth-order valence-electron chi connectivity index (χ4n) is 6.77. The number of ether oxygens (including phenoxy) is 4. The largest absolute Gasteiger partial charge is 0.493 e. The molecule has 10 heteroatoms. The van der Waals surface area contributed by atoms with Gasteiger partial charge in [0.05, 0.1) is 21.3 Å². The number of hydrogen-bond acceptors (Lipinski definition) is 7. The van der Waals surface area contributed by atoms with Gasteiger partial charge in [-0.05, 0) is 66.5 Å². The molecule has 4 aliphatic rings. The summed E-state index contributed by atoms with van der Waals surface area (Å²) in [5.41, 5.74) is 2.12. The highest BCUT2D eigenvalue weighted by Crippen LogP contribution is 2.59. The Kier molecular flexibility index (Phi) is 9.95. The van der Waals surface area contributed by atoms with E-state index in [1.807, 2.05) is 9.80 Å². The Labute approximate surface area is 265 Å². The first-order chi connectivity index (χ1) is 21.1. The lowest BCUT2D eigenvalue weighted by atomic mass is 9.49. The van der Waals surface area contributed by atoms with Gasteiger partial charge < -0.3 is 28.7 Å². The first-order valence-electron chi connectivity index (χ1n) is 15.3. The number of fused-ring (bicyclic) bond motifs is 1. The molecule has 1 aliphatic heterocycles. The molecule has 0 radical (unpaired) electrons. The van der Waals surface area contributed by atoms with Gasteiger partial charge in [-0.3, -0.25) is 14.5 Å². The lowest BCUT2D eigenvalue weighted by Gasteiger charge is -2.57. The van der Waals surface area contributed by atoms with Gasteiger partial charge in [0.1, 0.15) is 5.75 Å². The zero-order chi connectivity index (χ0) is 31.4. The van der Waals surface area contributed by atoms with E-state index in [0.29, 0.717) is 72.2 Å². The van der Waals surface area contributed by atoms with E-state index in [1.54, 1.807) is 57.7 Å². The lowest BCUT2D eigenvalue weighted by Crippen LogP contribution is -2.52. The van der Waals surface area contributed by atoms with E-state index in [1.165, 1.54) is 12.0 Å². The minimum absolute atomic E-state index is 0.00776. The molecular formula is C34H44ClN3O6. The summed E-state index contributed by atoms with van der Waals surface area (Å²) in [7, 11) is 4.66. The maximum Gasteiger partial charge on any atom is 0.260 e. The van der Waals surface area contributed by atoms with Crippen LogP contribution in [0.3, 0.4) is 0 Å². The predicted octanol–water partition coefficient (Wildman–Crippen LogP) is 5.02. The molecule has 0 spiro atoms. The smallest absolute Gasteiger partial charge is 0.260 e. The molecule has 2 atom stereocenters. The Morgan fingerprint density at radius 3 is 2.20 bits per heavy atom. The third kappa shape index (κ3) is 6.79. The maximum atomic E-state index is 14.1. The van der Waals surface area contributed by atoms with Crippen LogP contribution in [-0.4, -0.2) is 100 Å². The number of allylic oxidation sites excluding steroid dienone is 1. The van der Waals surface area contributed by atoms with Crippen LogP contribution in [0.4, 0.5) is 0 Å². The molecule has 6 rings (SSSR count). The summed E-state index contributed by atoms with van der Waals surface area (Å²) in [6.07, 6.45) is 4.63. The number of carbonyl (C=O) groups is 2. The summed E-state index contributed by atoms with van der Waals surface area (Å²) in [6, 6.07) is 10.4. The van der Waals surface area contributed by atoms with Crippen molar-refractivity contribution in [1.82, 2.24) is 14.7 Å². The summed E-state index contributed by atoms with van der Waals surface area (Å²) in [4.78, 5) is 33.0. The zero-order valence-electron chi connectivity index (χ0n) is 26.4. The second kappa shape index (κ2) is 13.7. The first-order valence-corrected chi connectivity index (χ1v) is 15.7. The number of nitrogens with zero attached hydrogens (tertiary/aromatic N) is 3. The summed E-state index contributed by atoms with van der Waals surface area (Å²) in [6.45, 7) is 9.27. The molecule has 1 saturated carbocycles. The standard InChI is InChI=1S/C34H44ClN3O6/c1-34(2)25-7-6-23(28(34)20-25)21-38(33(40)24-18-29(41-3)32(43-5)30(19-24)42-4)17-14-36-12-15-37(16-13-36)31(39)22-44-27-10-8-26(35)9-11-27/h6,8-11,18-19,25,28H,7,12-17,20-22H2,1-5H3. The third-order valence-electron chi connectivity index (χ3n) is 9.74. The third-order valence-corrected chi connectivity index (χ3v) is 9.99. The van der Waals surface area contributed by atoms with Crippen molar-refractivity contribution in [3.05, 3.63) is 58.6 Å². The van der Waals surface area contributed by atoms with Crippen LogP contribution in [0.5, 0.6) is 23.0 Å². The van der Waals surface area contributed by atoms with Gasteiger partial charge in [0.25, 0.3) is 11.8 Å². The summed E-state index contributed by atoms with van der Waals surface area (Å²) < 4.78 is 22.2. The highest BCUT2D eigenvalue weighted by atomic mass is 35.5. The zero-order valence-corrected chi connectivity index (χ0v) is 27.2. The first kappa shape index (κ1) is 32.0. The van der Waals surface area contributed by atoms with Gasteiger partial charge in [0, 0.05) is 56.4 Å². The Bertz CT molecular complexity index is 1340. The molecule has 2 unspecified atom stereocenters. The predicted molar refractivity (Wildman–Crippen MR) is 170 cm³/mol. The molecule has 9 nitrogen and oxygen atoms in total. The van der Waals surface area contributed by atoms with E-state index < -0.39 is 0 Å². The van der Waals surface area contributed by atoms with Crippen LogP contribution >= 0.6 is 11.6 Å². The van der Waals surface area contributed by atoms with Gasteiger partial charge in [0.2, 0.25) is 5.75 Å². The van der Waals surface area contributed by atoms with Crippen LogP contribution in [-0.2, 0) is 4.79 Å². The molecule has 238 valence electrons. The van der Waals surface area contributed by atoms with E-state index in [-0.39, 0.29) is 23.8 Å². The monoisotopic (exact) mass is 625 g/mol. The Balaban J connectivity index is 1.23. The number of halogens is 1. The van der Waals surface area contributed by atoms with Crippen LogP contribution in [0.25, 0.3) is 0 Å². The van der Waals surface area contributed by atoms with Crippen LogP contribution in [0.1, 0.15) is 37.0 Å². The van der Waals surface area contributed by atoms with Crippen molar-refractivity contribution in [3.63, 3.8) is 0 Å². The summed E-state index contributed by atoms with van der Waals surface area (Å²) in [5.74, 6) is 3.11. The molecule has 2 aromatic rings. The van der Waals surface area contributed by atoms with Crippen molar-refractivity contribution in [2.75, 3.05) is 73.7 Å². The molecule has 2 amide bonds. The van der Waals surface area contributed by atoms with Gasteiger partial charge in [-0.25, -0.2) is 0 Å². The van der Waals surface area contributed by atoms with E-state index in [9.17, 15) is 9.59 Å². The number of benzene rings is 2. The second-order valence-electron chi connectivity index (χ2n) is 12.4. The minimum Gasteiger partial charge on any atom is -0.493 e. The SMILES string of the molecule is COc1cc(C(=O)N(CCN2CCN(C(=O)COc3ccc(Cl)cc3)CC2)CC2=CCC3CC2C3(C)C)cc(OC)c1OC. The molecule has 2 bridgehead atoms. The molecule has 2 aromatic carbocycles. The van der Waals surface area contributed by atoms with Crippen LogP contribution in [0, 0.1) is 17.3 Å². The molecule has 3 aliphatic carbocycles. The van der Waals surface area contributed by atoms with Crippen molar-refractivity contribution >= 4 is 23.4 Å². The average molecular weight is 626 g/mol. The van der Waals surface area contributed by atoms with Gasteiger partial charge in [-0.15, -0.1) is 0 Å². The molecule has 44 heavy (non-hydrogen) atoms. The van der Waals surface area contributed by atoms with E-state index in [0.717, 1.165) is 25.4 Å².